The maximum atomic E-state index is 13.1. The summed E-state index contributed by atoms with van der Waals surface area (Å²) >= 11 is 0. The van der Waals surface area contributed by atoms with Gasteiger partial charge in [-0.3, -0.25) is 4.79 Å². The standard InChI is InChI=1S/C21H26N2O5/c1-20(25)6-7-21(20)8-10-23(11-9-21)19(24)17-18(28-13-22-17)14-4-5-15(26-2)16(12-14)27-3/h4-5,12-13,25H,6-11H2,1-3H3. The second kappa shape index (κ2) is 6.81. The van der Waals surface area contributed by atoms with Crippen molar-refractivity contribution < 1.29 is 23.8 Å². The molecular weight excluding hydrogens is 360 g/mol. The number of piperidine rings is 1. The van der Waals surface area contributed by atoms with E-state index in [1.54, 1.807) is 26.4 Å². The molecule has 0 bridgehead atoms. The van der Waals surface area contributed by atoms with Crippen LogP contribution < -0.4 is 9.47 Å². The van der Waals surface area contributed by atoms with E-state index in [-0.39, 0.29) is 11.3 Å². The first-order valence-corrected chi connectivity index (χ1v) is 9.58. The third-order valence-corrected chi connectivity index (χ3v) is 6.66. The number of benzene rings is 1. The number of oxazole rings is 1. The average Bonchev–Trinajstić information content (AvgIpc) is 3.21. The third kappa shape index (κ3) is 2.85. The fourth-order valence-corrected chi connectivity index (χ4v) is 4.50. The largest absolute Gasteiger partial charge is 0.493 e. The van der Waals surface area contributed by atoms with Crippen molar-refractivity contribution in [3.8, 4) is 22.8 Å². The molecule has 2 fully saturated rings. The first-order valence-electron chi connectivity index (χ1n) is 9.58. The minimum absolute atomic E-state index is 0.0419. The molecule has 1 spiro atoms. The number of hydrogen-bond acceptors (Lipinski definition) is 6. The number of hydrogen-bond donors (Lipinski definition) is 1. The molecule has 4 rings (SSSR count). The van der Waals surface area contributed by atoms with Crippen molar-refractivity contribution in [1.29, 1.82) is 0 Å². The molecule has 1 atom stereocenters. The number of aromatic nitrogens is 1. The molecule has 28 heavy (non-hydrogen) atoms. The van der Waals surface area contributed by atoms with E-state index in [1.807, 2.05) is 17.9 Å². The summed E-state index contributed by atoms with van der Waals surface area (Å²) in [5.41, 5.74) is 0.345. The number of likely N-dealkylation sites (tertiary alicyclic amines) is 1. The lowest BCUT2D eigenvalue weighted by atomic mass is 9.53. The Morgan fingerprint density at radius 1 is 1.14 bits per heavy atom. The topological polar surface area (TPSA) is 85.0 Å². The Balaban J connectivity index is 1.54. The van der Waals surface area contributed by atoms with Crippen molar-refractivity contribution in [1.82, 2.24) is 9.88 Å². The molecule has 1 saturated heterocycles. The number of methoxy groups -OCH3 is 2. The Morgan fingerprint density at radius 3 is 2.43 bits per heavy atom. The number of carbonyl (C=O) groups excluding carboxylic acids is 1. The molecule has 1 amide bonds. The SMILES string of the molecule is COc1ccc(-c2ocnc2C(=O)N2CCC3(CC2)CCC3(C)O)cc1OC. The van der Waals surface area contributed by atoms with Gasteiger partial charge in [-0.2, -0.15) is 0 Å². The quantitative estimate of drug-likeness (QED) is 0.869. The van der Waals surface area contributed by atoms with Gasteiger partial charge in [0.2, 0.25) is 0 Å². The molecule has 1 aliphatic heterocycles. The first-order chi connectivity index (χ1) is 13.4. The minimum atomic E-state index is -0.610. The number of ether oxygens (including phenoxy) is 2. The summed E-state index contributed by atoms with van der Waals surface area (Å²) in [5, 5.41) is 10.5. The van der Waals surface area contributed by atoms with Gasteiger partial charge in [-0.05, 0) is 50.8 Å². The van der Waals surface area contributed by atoms with Crippen LogP contribution in [0.1, 0.15) is 43.1 Å². The van der Waals surface area contributed by atoms with E-state index in [0.717, 1.165) is 25.7 Å². The van der Waals surface area contributed by atoms with Gasteiger partial charge in [0.25, 0.3) is 5.91 Å². The van der Waals surface area contributed by atoms with Crippen LogP contribution in [0.15, 0.2) is 29.0 Å². The highest BCUT2D eigenvalue weighted by molar-refractivity contribution is 5.97. The maximum absolute atomic E-state index is 13.1. The van der Waals surface area contributed by atoms with E-state index in [1.165, 1.54) is 6.39 Å². The highest BCUT2D eigenvalue weighted by Crippen LogP contribution is 2.56. The monoisotopic (exact) mass is 386 g/mol. The third-order valence-electron chi connectivity index (χ3n) is 6.66. The Bertz CT molecular complexity index is 881. The summed E-state index contributed by atoms with van der Waals surface area (Å²) in [7, 11) is 3.14. The molecule has 7 heteroatoms. The summed E-state index contributed by atoms with van der Waals surface area (Å²) in [6.45, 7) is 3.15. The van der Waals surface area contributed by atoms with Crippen molar-refractivity contribution >= 4 is 5.91 Å². The van der Waals surface area contributed by atoms with E-state index in [4.69, 9.17) is 13.9 Å². The highest BCUT2D eigenvalue weighted by Gasteiger charge is 2.56. The molecule has 1 aromatic heterocycles. The molecule has 150 valence electrons. The van der Waals surface area contributed by atoms with Gasteiger partial charge < -0.3 is 23.9 Å². The van der Waals surface area contributed by atoms with Crippen LogP contribution >= 0.6 is 0 Å². The number of carbonyl (C=O) groups is 1. The van der Waals surface area contributed by atoms with E-state index < -0.39 is 5.60 Å². The van der Waals surface area contributed by atoms with Gasteiger partial charge in [0.15, 0.2) is 29.3 Å². The highest BCUT2D eigenvalue weighted by atomic mass is 16.5. The van der Waals surface area contributed by atoms with Crippen molar-refractivity contribution in [2.45, 2.75) is 38.2 Å². The van der Waals surface area contributed by atoms with E-state index in [2.05, 4.69) is 4.98 Å². The molecule has 1 unspecified atom stereocenters. The molecule has 2 aliphatic rings. The van der Waals surface area contributed by atoms with Crippen molar-refractivity contribution in [2.24, 2.45) is 5.41 Å². The van der Waals surface area contributed by atoms with Gasteiger partial charge in [0.05, 0.1) is 19.8 Å². The fourth-order valence-electron chi connectivity index (χ4n) is 4.50. The Kier molecular flexibility index (Phi) is 4.57. The summed E-state index contributed by atoms with van der Waals surface area (Å²) in [5.74, 6) is 1.43. The molecule has 1 aromatic carbocycles. The van der Waals surface area contributed by atoms with Crippen molar-refractivity contribution in [2.75, 3.05) is 27.3 Å². The Morgan fingerprint density at radius 2 is 1.86 bits per heavy atom. The van der Waals surface area contributed by atoms with Crippen LogP contribution in [0.5, 0.6) is 11.5 Å². The van der Waals surface area contributed by atoms with Crippen LogP contribution in [0.3, 0.4) is 0 Å². The molecular formula is C21H26N2O5. The van der Waals surface area contributed by atoms with Crippen molar-refractivity contribution in [3.63, 3.8) is 0 Å². The number of nitrogens with zero attached hydrogens (tertiary/aromatic N) is 2. The Labute approximate surface area is 164 Å². The zero-order chi connectivity index (χ0) is 19.9. The Hall–Kier alpha value is -2.54. The van der Waals surface area contributed by atoms with Crippen LogP contribution in [-0.4, -0.2) is 53.8 Å². The second-order valence-electron chi connectivity index (χ2n) is 7.95. The van der Waals surface area contributed by atoms with E-state index in [0.29, 0.717) is 41.6 Å². The molecule has 1 aliphatic carbocycles. The van der Waals surface area contributed by atoms with E-state index >= 15 is 0 Å². The predicted octanol–water partition coefficient (Wildman–Crippen LogP) is 3.13. The van der Waals surface area contributed by atoms with Crippen LogP contribution in [0.2, 0.25) is 0 Å². The van der Waals surface area contributed by atoms with Crippen LogP contribution in [0.4, 0.5) is 0 Å². The van der Waals surface area contributed by atoms with Gasteiger partial charge in [-0.15, -0.1) is 0 Å². The summed E-state index contributed by atoms with van der Waals surface area (Å²) in [6.07, 6.45) is 4.79. The lowest BCUT2D eigenvalue weighted by molar-refractivity contribution is -0.174. The lowest BCUT2D eigenvalue weighted by Gasteiger charge is -2.58. The van der Waals surface area contributed by atoms with Gasteiger partial charge in [-0.25, -0.2) is 4.98 Å². The fraction of sp³-hybridized carbons (Fsp3) is 0.524. The minimum Gasteiger partial charge on any atom is -0.493 e. The van der Waals surface area contributed by atoms with Crippen LogP contribution in [0, 0.1) is 5.41 Å². The summed E-state index contributed by atoms with van der Waals surface area (Å²) < 4.78 is 16.2. The summed E-state index contributed by atoms with van der Waals surface area (Å²) in [6, 6.07) is 5.36. The normalized spacial score (nSPS) is 23.4. The molecule has 2 heterocycles. The van der Waals surface area contributed by atoms with Crippen LogP contribution in [-0.2, 0) is 0 Å². The van der Waals surface area contributed by atoms with Gasteiger partial charge >= 0.3 is 0 Å². The first kappa shape index (κ1) is 18.8. The summed E-state index contributed by atoms with van der Waals surface area (Å²) in [4.78, 5) is 19.1. The van der Waals surface area contributed by atoms with Gasteiger partial charge in [0, 0.05) is 24.1 Å². The number of aliphatic hydroxyl groups is 1. The van der Waals surface area contributed by atoms with Gasteiger partial charge in [-0.1, -0.05) is 0 Å². The zero-order valence-electron chi connectivity index (χ0n) is 16.5. The number of rotatable bonds is 4. The molecule has 2 aromatic rings. The molecule has 1 N–H and O–H groups in total. The van der Waals surface area contributed by atoms with Gasteiger partial charge in [0.1, 0.15) is 0 Å². The smallest absolute Gasteiger partial charge is 0.276 e. The predicted molar refractivity (Wildman–Crippen MR) is 102 cm³/mol. The van der Waals surface area contributed by atoms with Crippen molar-refractivity contribution in [3.05, 3.63) is 30.3 Å². The maximum Gasteiger partial charge on any atom is 0.276 e. The molecule has 0 radical (unpaired) electrons. The lowest BCUT2D eigenvalue weighted by Crippen LogP contribution is -2.60. The zero-order valence-corrected chi connectivity index (χ0v) is 16.5. The molecule has 1 saturated carbocycles. The van der Waals surface area contributed by atoms with Crippen LogP contribution in [0.25, 0.3) is 11.3 Å². The average molecular weight is 386 g/mol. The molecule has 7 nitrogen and oxygen atoms in total. The van der Waals surface area contributed by atoms with E-state index in [9.17, 15) is 9.90 Å². The number of amides is 1. The second-order valence-corrected chi connectivity index (χ2v) is 7.95.